The van der Waals surface area contributed by atoms with Crippen molar-refractivity contribution in [1.29, 1.82) is 0 Å². The summed E-state index contributed by atoms with van der Waals surface area (Å²) in [6.07, 6.45) is 15.9. The molecule has 3 rings (SSSR count). The lowest BCUT2D eigenvalue weighted by Gasteiger charge is -2.18. The van der Waals surface area contributed by atoms with E-state index < -0.39 is 0 Å². The molecule has 0 aromatic heterocycles. The van der Waals surface area contributed by atoms with Gasteiger partial charge in [0.2, 0.25) is 0 Å². The van der Waals surface area contributed by atoms with Crippen LogP contribution in [0.25, 0.3) is 0 Å². The Morgan fingerprint density at radius 1 is 1.17 bits per heavy atom. The van der Waals surface area contributed by atoms with Crippen LogP contribution in [0.1, 0.15) is 19.3 Å². The summed E-state index contributed by atoms with van der Waals surface area (Å²) in [6.45, 7) is 0. The molecule has 1 saturated carbocycles. The van der Waals surface area contributed by atoms with Gasteiger partial charge in [0, 0.05) is 5.92 Å². The zero-order valence-electron chi connectivity index (χ0n) is 7.24. The highest BCUT2D eigenvalue weighted by atomic mass is 14.4. The van der Waals surface area contributed by atoms with Crippen molar-refractivity contribution in [2.75, 3.05) is 0 Å². The number of fused-ring (bicyclic) bond motifs is 3. The van der Waals surface area contributed by atoms with Crippen LogP contribution in [0.2, 0.25) is 0 Å². The average molecular weight is 158 g/mol. The maximum atomic E-state index is 2.52. The minimum Gasteiger partial charge on any atom is -0.0773 e. The number of hydrogen-bond donors (Lipinski definition) is 0. The van der Waals surface area contributed by atoms with Crippen molar-refractivity contribution in [3.05, 3.63) is 36.0 Å². The van der Waals surface area contributed by atoms with Crippen LogP contribution in [-0.2, 0) is 0 Å². The fourth-order valence-electron chi connectivity index (χ4n) is 3.05. The van der Waals surface area contributed by atoms with E-state index in [0.29, 0.717) is 0 Å². The van der Waals surface area contributed by atoms with Crippen molar-refractivity contribution in [3.8, 4) is 0 Å². The van der Waals surface area contributed by atoms with Gasteiger partial charge in [-0.3, -0.25) is 0 Å². The van der Waals surface area contributed by atoms with Crippen molar-refractivity contribution in [2.24, 2.45) is 17.8 Å². The number of hydrogen-bond acceptors (Lipinski definition) is 0. The summed E-state index contributed by atoms with van der Waals surface area (Å²) in [6, 6.07) is 0. The van der Waals surface area contributed by atoms with Crippen LogP contribution in [0.5, 0.6) is 0 Å². The van der Waals surface area contributed by atoms with Gasteiger partial charge in [-0.15, -0.1) is 0 Å². The molecule has 0 heteroatoms. The number of allylic oxidation sites excluding steroid dienone is 6. The van der Waals surface area contributed by atoms with Crippen molar-refractivity contribution >= 4 is 0 Å². The summed E-state index contributed by atoms with van der Waals surface area (Å²) < 4.78 is 0. The van der Waals surface area contributed by atoms with E-state index in [2.05, 4.69) is 30.4 Å². The third-order valence-corrected chi connectivity index (χ3v) is 3.60. The Hall–Kier alpha value is -0.780. The Bertz CT molecular complexity index is 280. The van der Waals surface area contributed by atoms with Crippen LogP contribution < -0.4 is 0 Å². The quantitative estimate of drug-likeness (QED) is 0.508. The van der Waals surface area contributed by atoms with Crippen molar-refractivity contribution in [1.82, 2.24) is 0 Å². The summed E-state index contributed by atoms with van der Waals surface area (Å²) in [4.78, 5) is 0. The van der Waals surface area contributed by atoms with Gasteiger partial charge in [-0.1, -0.05) is 36.8 Å². The predicted octanol–water partition coefficient (Wildman–Crippen LogP) is 3.08. The molecule has 0 N–H and O–H groups in total. The van der Waals surface area contributed by atoms with E-state index in [1.165, 1.54) is 19.3 Å². The molecule has 0 saturated heterocycles. The predicted molar refractivity (Wildman–Crippen MR) is 50.7 cm³/mol. The van der Waals surface area contributed by atoms with E-state index >= 15 is 0 Å². The standard InChI is InChI=1S/C12H14/c1-2-6-11-9(4-1)8-10-5-3-7-12(10)11/h1-2,4,6,8,10-12H,3,5,7H2. The lowest BCUT2D eigenvalue weighted by molar-refractivity contribution is 0.424. The Kier molecular flexibility index (Phi) is 1.31. The zero-order chi connectivity index (χ0) is 7.97. The van der Waals surface area contributed by atoms with Crippen LogP contribution in [0.3, 0.4) is 0 Å². The molecular formula is C12H14. The van der Waals surface area contributed by atoms with Gasteiger partial charge in [-0.25, -0.2) is 0 Å². The Labute approximate surface area is 73.7 Å². The molecule has 3 aliphatic carbocycles. The smallest absolute Gasteiger partial charge is 0.00519 e. The van der Waals surface area contributed by atoms with Gasteiger partial charge < -0.3 is 0 Å². The van der Waals surface area contributed by atoms with Gasteiger partial charge in [-0.05, 0) is 30.3 Å². The van der Waals surface area contributed by atoms with Crippen LogP contribution in [0.15, 0.2) is 36.0 Å². The van der Waals surface area contributed by atoms with Crippen LogP contribution in [0.4, 0.5) is 0 Å². The second kappa shape index (κ2) is 2.35. The summed E-state index contributed by atoms with van der Waals surface area (Å²) in [5.74, 6) is 2.65. The molecule has 1 fully saturated rings. The van der Waals surface area contributed by atoms with E-state index in [-0.39, 0.29) is 0 Å². The normalized spacial score (nSPS) is 42.7. The van der Waals surface area contributed by atoms with Gasteiger partial charge in [0.05, 0.1) is 0 Å². The monoisotopic (exact) mass is 158 g/mol. The third kappa shape index (κ3) is 0.782. The highest BCUT2D eigenvalue weighted by Gasteiger charge is 2.37. The molecule has 0 nitrogen and oxygen atoms in total. The molecule has 3 unspecified atom stereocenters. The first-order valence-electron chi connectivity index (χ1n) is 5.02. The lowest BCUT2D eigenvalue weighted by Crippen LogP contribution is -2.10. The largest absolute Gasteiger partial charge is 0.0773 e. The molecule has 0 aromatic carbocycles. The summed E-state index contributed by atoms with van der Waals surface area (Å²) in [7, 11) is 0. The van der Waals surface area contributed by atoms with E-state index in [1.54, 1.807) is 5.57 Å². The topological polar surface area (TPSA) is 0 Å². The van der Waals surface area contributed by atoms with Gasteiger partial charge in [0.25, 0.3) is 0 Å². The molecule has 0 radical (unpaired) electrons. The molecule has 3 atom stereocenters. The molecule has 0 amide bonds. The second-order valence-electron chi connectivity index (χ2n) is 4.20. The van der Waals surface area contributed by atoms with Gasteiger partial charge in [0.1, 0.15) is 0 Å². The summed E-state index contributed by atoms with van der Waals surface area (Å²) in [5.41, 5.74) is 1.59. The first-order chi connectivity index (χ1) is 5.95. The maximum absolute atomic E-state index is 2.52. The summed E-state index contributed by atoms with van der Waals surface area (Å²) >= 11 is 0. The van der Waals surface area contributed by atoms with Crippen molar-refractivity contribution < 1.29 is 0 Å². The molecule has 0 spiro atoms. The fraction of sp³-hybridized carbons (Fsp3) is 0.500. The zero-order valence-corrected chi connectivity index (χ0v) is 7.24. The fourth-order valence-corrected chi connectivity index (χ4v) is 3.05. The highest BCUT2D eigenvalue weighted by molar-refractivity contribution is 5.38. The molecule has 0 bridgehead atoms. The molecule has 62 valence electrons. The van der Waals surface area contributed by atoms with Gasteiger partial charge in [-0.2, -0.15) is 0 Å². The van der Waals surface area contributed by atoms with E-state index in [4.69, 9.17) is 0 Å². The average Bonchev–Trinajstić information content (AvgIpc) is 2.62. The molecule has 0 aliphatic heterocycles. The molecule has 0 heterocycles. The Balaban J connectivity index is 1.99. The Morgan fingerprint density at radius 3 is 3.17 bits per heavy atom. The lowest BCUT2D eigenvalue weighted by atomic mass is 9.86. The molecule has 0 aromatic rings. The molecule has 3 aliphatic rings. The first-order valence-corrected chi connectivity index (χ1v) is 5.02. The van der Waals surface area contributed by atoms with Crippen molar-refractivity contribution in [2.45, 2.75) is 19.3 Å². The molecular weight excluding hydrogens is 144 g/mol. The van der Waals surface area contributed by atoms with Crippen LogP contribution in [0, 0.1) is 17.8 Å². The minimum absolute atomic E-state index is 0.780. The Morgan fingerprint density at radius 2 is 2.17 bits per heavy atom. The minimum atomic E-state index is 0.780. The highest BCUT2D eigenvalue weighted by Crippen LogP contribution is 2.48. The first kappa shape index (κ1) is 6.71. The van der Waals surface area contributed by atoms with E-state index in [0.717, 1.165) is 17.8 Å². The second-order valence-corrected chi connectivity index (χ2v) is 4.20. The summed E-state index contributed by atoms with van der Waals surface area (Å²) in [5, 5.41) is 0. The van der Waals surface area contributed by atoms with E-state index in [9.17, 15) is 0 Å². The van der Waals surface area contributed by atoms with Gasteiger partial charge in [0.15, 0.2) is 0 Å². The van der Waals surface area contributed by atoms with Crippen LogP contribution >= 0.6 is 0 Å². The van der Waals surface area contributed by atoms with Crippen LogP contribution in [-0.4, -0.2) is 0 Å². The van der Waals surface area contributed by atoms with Crippen molar-refractivity contribution in [3.63, 3.8) is 0 Å². The van der Waals surface area contributed by atoms with E-state index in [1.807, 2.05) is 0 Å². The molecule has 12 heavy (non-hydrogen) atoms. The SMILES string of the molecule is C1=CC2=CC3CCCC3C2C=C1. The van der Waals surface area contributed by atoms with Gasteiger partial charge >= 0.3 is 0 Å². The number of rotatable bonds is 0. The third-order valence-electron chi connectivity index (χ3n) is 3.60. The maximum Gasteiger partial charge on any atom is 0.00519 e.